The van der Waals surface area contributed by atoms with Crippen molar-refractivity contribution < 1.29 is 0 Å². The molecule has 1 saturated heterocycles. The number of hydrogen-bond donors (Lipinski definition) is 0. The predicted octanol–water partition coefficient (Wildman–Crippen LogP) is 1.62. The molecule has 0 bridgehead atoms. The normalized spacial score (nSPS) is 16.8. The highest BCUT2D eigenvalue weighted by molar-refractivity contribution is 5.33. The third-order valence-corrected chi connectivity index (χ3v) is 4.97. The second-order valence-electron chi connectivity index (χ2n) is 6.25. The van der Waals surface area contributed by atoms with Gasteiger partial charge in [0, 0.05) is 45.5 Å². The molecule has 1 aromatic carbocycles. The summed E-state index contributed by atoms with van der Waals surface area (Å²) in [4.78, 5) is 17.8. The maximum atomic E-state index is 12.9. The average molecular weight is 314 g/mol. The van der Waals surface area contributed by atoms with Gasteiger partial charge in [0.1, 0.15) is 0 Å². The maximum absolute atomic E-state index is 12.9. The van der Waals surface area contributed by atoms with Crippen LogP contribution in [0.2, 0.25) is 0 Å². The molecule has 0 radical (unpaired) electrons. The molecule has 0 saturated carbocycles. The fraction of sp³-hybridized carbons (Fsp3) is 0.500. The topological polar surface area (TPSA) is 33.4 Å². The third-order valence-electron chi connectivity index (χ3n) is 4.97. The Morgan fingerprint density at radius 2 is 1.61 bits per heavy atom. The molecule has 1 aromatic heterocycles. The summed E-state index contributed by atoms with van der Waals surface area (Å²) in [5, 5.41) is 0. The van der Waals surface area contributed by atoms with E-state index in [2.05, 4.69) is 16.7 Å². The van der Waals surface area contributed by atoms with Gasteiger partial charge in [-0.05, 0) is 25.6 Å². The van der Waals surface area contributed by atoms with Crippen LogP contribution in [0.15, 0.2) is 35.1 Å². The molecule has 0 spiro atoms. The van der Waals surface area contributed by atoms with Crippen LogP contribution in [-0.2, 0) is 13.6 Å². The lowest BCUT2D eigenvalue weighted by atomic mass is 10.2. The molecule has 0 aliphatic carbocycles. The van der Waals surface area contributed by atoms with Crippen LogP contribution in [0.5, 0.6) is 0 Å². The number of likely N-dealkylation sites (N-methyl/N-ethyl adjacent to an activating group) is 1. The number of para-hydroxylation sites is 1. The zero-order chi connectivity index (χ0) is 16.4. The van der Waals surface area contributed by atoms with Crippen LogP contribution in [0.4, 0.5) is 0 Å². The summed E-state index contributed by atoms with van der Waals surface area (Å²) in [6.07, 6.45) is 0. The van der Waals surface area contributed by atoms with E-state index in [0.717, 1.165) is 56.2 Å². The van der Waals surface area contributed by atoms with Crippen molar-refractivity contribution >= 4 is 0 Å². The molecule has 0 amide bonds. The van der Waals surface area contributed by atoms with Crippen molar-refractivity contribution in [3.05, 3.63) is 51.9 Å². The van der Waals surface area contributed by atoms with Crippen molar-refractivity contribution in [3.8, 4) is 5.69 Å². The zero-order valence-electron chi connectivity index (χ0n) is 14.3. The van der Waals surface area contributed by atoms with Gasteiger partial charge in [-0.15, -0.1) is 0 Å². The van der Waals surface area contributed by atoms with Gasteiger partial charge < -0.3 is 4.90 Å². The highest BCUT2D eigenvalue weighted by Gasteiger charge is 2.21. The van der Waals surface area contributed by atoms with Crippen LogP contribution in [0.1, 0.15) is 18.2 Å². The Balaban J connectivity index is 1.85. The number of piperazine rings is 1. The molecular formula is C18H26N4O. The highest BCUT2D eigenvalue weighted by Crippen LogP contribution is 2.13. The van der Waals surface area contributed by atoms with Crippen molar-refractivity contribution in [2.24, 2.45) is 7.05 Å². The van der Waals surface area contributed by atoms with Gasteiger partial charge in [-0.1, -0.05) is 25.1 Å². The van der Waals surface area contributed by atoms with E-state index in [1.807, 2.05) is 49.0 Å². The first-order valence-electron chi connectivity index (χ1n) is 8.39. The van der Waals surface area contributed by atoms with Gasteiger partial charge in [0.2, 0.25) is 0 Å². The van der Waals surface area contributed by atoms with Crippen LogP contribution in [0.25, 0.3) is 5.69 Å². The van der Waals surface area contributed by atoms with Crippen molar-refractivity contribution in [2.75, 3.05) is 32.7 Å². The van der Waals surface area contributed by atoms with E-state index >= 15 is 0 Å². The number of benzene rings is 1. The monoisotopic (exact) mass is 314 g/mol. The quantitative estimate of drug-likeness (QED) is 0.860. The standard InChI is InChI=1S/C18H26N4O/c1-4-20-10-12-21(13-11-20)14-17-15(2)19(3)22(18(17)23)16-8-6-5-7-9-16/h5-9H,4,10-14H2,1-3H3. The molecule has 1 aliphatic rings. The summed E-state index contributed by atoms with van der Waals surface area (Å²) in [6.45, 7) is 10.4. The molecule has 124 valence electrons. The Hall–Kier alpha value is -1.85. The molecule has 0 unspecified atom stereocenters. The Labute approximate surface area is 137 Å². The second kappa shape index (κ2) is 6.72. The van der Waals surface area contributed by atoms with E-state index in [1.165, 1.54) is 0 Å². The Bertz CT molecular complexity index is 709. The molecule has 3 rings (SSSR count). The highest BCUT2D eigenvalue weighted by atomic mass is 16.1. The number of rotatable bonds is 4. The lowest BCUT2D eigenvalue weighted by Gasteiger charge is -2.33. The summed E-state index contributed by atoms with van der Waals surface area (Å²) < 4.78 is 3.74. The van der Waals surface area contributed by atoms with Crippen LogP contribution < -0.4 is 5.56 Å². The Morgan fingerprint density at radius 1 is 1.00 bits per heavy atom. The summed E-state index contributed by atoms with van der Waals surface area (Å²) in [5.41, 5.74) is 3.00. The molecule has 2 aromatic rings. The summed E-state index contributed by atoms with van der Waals surface area (Å²) in [6, 6.07) is 9.86. The van der Waals surface area contributed by atoms with E-state index in [4.69, 9.17) is 0 Å². The smallest absolute Gasteiger partial charge is 0.276 e. The minimum Gasteiger partial charge on any atom is -0.301 e. The van der Waals surface area contributed by atoms with E-state index < -0.39 is 0 Å². The average Bonchev–Trinajstić information content (AvgIpc) is 2.80. The lowest BCUT2D eigenvalue weighted by molar-refractivity contribution is 0.131. The van der Waals surface area contributed by atoms with Gasteiger partial charge in [-0.25, -0.2) is 4.68 Å². The maximum Gasteiger partial charge on any atom is 0.276 e. The summed E-state index contributed by atoms with van der Waals surface area (Å²) in [5.74, 6) is 0. The molecule has 1 aliphatic heterocycles. The summed E-state index contributed by atoms with van der Waals surface area (Å²) in [7, 11) is 1.96. The molecule has 5 nitrogen and oxygen atoms in total. The van der Waals surface area contributed by atoms with Crippen LogP contribution >= 0.6 is 0 Å². The van der Waals surface area contributed by atoms with Crippen molar-refractivity contribution in [1.82, 2.24) is 19.2 Å². The first-order valence-corrected chi connectivity index (χ1v) is 8.39. The molecule has 0 N–H and O–H groups in total. The van der Waals surface area contributed by atoms with Crippen LogP contribution in [0, 0.1) is 6.92 Å². The van der Waals surface area contributed by atoms with E-state index in [1.54, 1.807) is 4.68 Å². The molecule has 5 heteroatoms. The SMILES string of the molecule is CCN1CCN(Cc2c(C)n(C)n(-c3ccccc3)c2=O)CC1. The number of nitrogens with zero attached hydrogens (tertiary/aromatic N) is 4. The van der Waals surface area contributed by atoms with Gasteiger partial charge in [0.25, 0.3) is 5.56 Å². The number of hydrogen-bond acceptors (Lipinski definition) is 3. The van der Waals surface area contributed by atoms with Crippen molar-refractivity contribution in [3.63, 3.8) is 0 Å². The summed E-state index contributed by atoms with van der Waals surface area (Å²) >= 11 is 0. The second-order valence-corrected chi connectivity index (χ2v) is 6.25. The minimum absolute atomic E-state index is 0.106. The minimum atomic E-state index is 0.106. The van der Waals surface area contributed by atoms with Crippen molar-refractivity contribution in [1.29, 1.82) is 0 Å². The molecule has 23 heavy (non-hydrogen) atoms. The van der Waals surface area contributed by atoms with Gasteiger partial charge in [0.05, 0.1) is 11.3 Å². The lowest BCUT2D eigenvalue weighted by Crippen LogP contribution is -2.46. The fourth-order valence-corrected chi connectivity index (χ4v) is 3.29. The van der Waals surface area contributed by atoms with E-state index in [-0.39, 0.29) is 5.56 Å². The molecule has 0 atom stereocenters. The fourth-order valence-electron chi connectivity index (χ4n) is 3.29. The zero-order valence-corrected chi connectivity index (χ0v) is 14.3. The van der Waals surface area contributed by atoms with Gasteiger partial charge in [-0.2, -0.15) is 0 Å². The molecule has 1 fully saturated rings. The molecular weight excluding hydrogens is 288 g/mol. The molecule has 2 heterocycles. The third kappa shape index (κ3) is 3.12. The Kier molecular flexibility index (Phi) is 4.68. The first kappa shape index (κ1) is 16.0. The van der Waals surface area contributed by atoms with Gasteiger partial charge in [-0.3, -0.25) is 14.4 Å². The van der Waals surface area contributed by atoms with Crippen molar-refractivity contribution in [2.45, 2.75) is 20.4 Å². The van der Waals surface area contributed by atoms with Gasteiger partial charge >= 0.3 is 0 Å². The van der Waals surface area contributed by atoms with E-state index in [9.17, 15) is 4.79 Å². The Morgan fingerprint density at radius 3 is 2.22 bits per heavy atom. The van der Waals surface area contributed by atoms with E-state index in [0.29, 0.717) is 0 Å². The largest absolute Gasteiger partial charge is 0.301 e. The van der Waals surface area contributed by atoms with Crippen LogP contribution in [-0.4, -0.2) is 51.9 Å². The first-order chi connectivity index (χ1) is 11.1. The van der Waals surface area contributed by atoms with Crippen LogP contribution in [0.3, 0.4) is 0 Å². The predicted molar refractivity (Wildman–Crippen MR) is 93.1 cm³/mol. The van der Waals surface area contributed by atoms with Gasteiger partial charge in [0.15, 0.2) is 0 Å². The number of aromatic nitrogens is 2.